The zero-order valence-corrected chi connectivity index (χ0v) is 12.7. The largest absolute Gasteiger partial charge is 0.369 e. The summed E-state index contributed by atoms with van der Waals surface area (Å²) in [5.41, 5.74) is 7.93. The molecule has 0 saturated carbocycles. The van der Waals surface area contributed by atoms with Crippen LogP contribution in [0.5, 0.6) is 0 Å². The molecule has 1 aromatic heterocycles. The van der Waals surface area contributed by atoms with Crippen LogP contribution in [-0.4, -0.2) is 37.1 Å². The summed E-state index contributed by atoms with van der Waals surface area (Å²) in [4.78, 5) is 17.0. The van der Waals surface area contributed by atoms with E-state index in [2.05, 4.69) is 50.9 Å². The lowest BCUT2D eigenvalue weighted by Gasteiger charge is -2.37. The minimum absolute atomic E-state index is 0.400. The molecule has 0 atom stereocenters. The van der Waals surface area contributed by atoms with E-state index in [1.165, 1.54) is 0 Å². The molecule has 0 unspecified atom stereocenters. The molecule has 1 aliphatic heterocycles. The molecule has 1 aromatic carbocycles. The van der Waals surface area contributed by atoms with Crippen LogP contribution in [0.2, 0.25) is 0 Å². The first-order valence-electron chi connectivity index (χ1n) is 6.12. The Morgan fingerprint density at radius 1 is 1.47 bits per heavy atom. The fourth-order valence-corrected chi connectivity index (χ4v) is 3.01. The maximum absolute atomic E-state index is 11.5. The quantitative estimate of drug-likeness (QED) is 0.713. The van der Waals surface area contributed by atoms with Crippen LogP contribution in [-0.2, 0) is 0 Å². The predicted molar refractivity (Wildman–Crippen MR) is 84.6 cm³/mol. The fourth-order valence-electron chi connectivity index (χ4n) is 2.43. The zero-order valence-electron chi connectivity index (χ0n) is 10.5. The van der Waals surface area contributed by atoms with Crippen molar-refractivity contribution in [3.63, 3.8) is 0 Å². The highest BCUT2D eigenvalue weighted by Gasteiger charge is 2.24. The van der Waals surface area contributed by atoms with Gasteiger partial charge < -0.3 is 20.9 Å². The third-order valence-electron chi connectivity index (χ3n) is 3.69. The number of likely N-dealkylation sites (N-methyl/N-ethyl adjacent to an activating group) is 1. The molecule has 19 heavy (non-hydrogen) atoms. The second kappa shape index (κ2) is 4.68. The third-order valence-corrected chi connectivity index (χ3v) is 4.27. The molecule has 100 valence electrons. The molecule has 0 radical (unpaired) electrons. The zero-order chi connectivity index (χ0) is 13.6. The number of benzene rings is 1. The summed E-state index contributed by atoms with van der Waals surface area (Å²) in [5.74, 6) is -0.400. The van der Waals surface area contributed by atoms with Gasteiger partial charge in [0.2, 0.25) is 0 Å². The monoisotopic (exact) mass is 370 g/mol. The van der Waals surface area contributed by atoms with Gasteiger partial charge in [0, 0.05) is 31.2 Å². The SMILES string of the molecule is CN(c1ccc(C(N)=O)c2[nH]c(I)cc12)C1CNC1. The number of carbonyl (C=O) groups excluding carboxylic acids is 1. The van der Waals surface area contributed by atoms with Gasteiger partial charge in [-0.2, -0.15) is 0 Å². The molecule has 6 heteroatoms. The number of fused-ring (bicyclic) bond motifs is 1. The van der Waals surface area contributed by atoms with Crippen molar-refractivity contribution >= 4 is 45.1 Å². The van der Waals surface area contributed by atoms with Gasteiger partial charge in [0.15, 0.2) is 0 Å². The number of hydrogen-bond acceptors (Lipinski definition) is 3. The Morgan fingerprint density at radius 3 is 2.79 bits per heavy atom. The number of halogens is 1. The van der Waals surface area contributed by atoms with Crippen molar-refractivity contribution in [3.05, 3.63) is 27.5 Å². The molecule has 1 fully saturated rings. The number of nitrogens with one attached hydrogen (secondary N) is 2. The van der Waals surface area contributed by atoms with E-state index in [1.54, 1.807) is 6.07 Å². The van der Waals surface area contributed by atoms with Crippen LogP contribution in [0.4, 0.5) is 5.69 Å². The number of hydrogen-bond donors (Lipinski definition) is 3. The van der Waals surface area contributed by atoms with E-state index in [4.69, 9.17) is 5.73 Å². The van der Waals surface area contributed by atoms with Crippen LogP contribution in [0.15, 0.2) is 18.2 Å². The maximum Gasteiger partial charge on any atom is 0.250 e. The van der Waals surface area contributed by atoms with Crippen LogP contribution in [0, 0.1) is 3.70 Å². The van der Waals surface area contributed by atoms with Gasteiger partial charge in [-0.25, -0.2) is 0 Å². The topological polar surface area (TPSA) is 74.1 Å². The standard InChI is InChI=1S/C13H15IN4O/c1-18(7-5-16-6-7)10-3-2-8(13(15)19)12-9(10)4-11(14)17-12/h2-4,7,16-17H,5-6H2,1H3,(H2,15,19). The molecule has 2 heterocycles. The number of H-pyrrole nitrogens is 1. The van der Waals surface area contributed by atoms with Crippen LogP contribution >= 0.6 is 22.6 Å². The Labute approximate surface area is 124 Å². The Bertz CT molecular complexity index is 647. The van der Waals surface area contributed by atoms with Crippen LogP contribution in [0.25, 0.3) is 10.9 Å². The molecular weight excluding hydrogens is 355 g/mol. The number of rotatable bonds is 3. The number of nitrogens with two attached hydrogens (primary N) is 1. The minimum atomic E-state index is -0.400. The molecule has 1 saturated heterocycles. The number of aromatic nitrogens is 1. The lowest BCUT2D eigenvalue weighted by molar-refractivity contribution is 0.100. The van der Waals surface area contributed by atoms with E-state index in [0.717, 1.165) is 33.4 Å². The Balaban J connectivity index is 2.15. The van der Waals surface area contributed by atoms with E-state index in [9.17, 15) is 4.79 Å². The number of nitrogens with zero attached hydrogens (tertiary/aromatic N) is 1. The molecule has 2 aromatic rings. The van der Waals surface area contributed by atoms with Gasteiger partial charge in [-0.3, -0.25) is 4.79 Å². The normalized spacial score (nSPS) is 15.5. The minimum Gasteiger partial charge on any atom is -0.369 e. The second-order valence-electron chi connectivity index (χ2n) is 4.83. The summed E-state index contributed by atoms with van der Waals surface area (Å²) in [7, 11) is 2.09. The number of carbonyl (C=O) groups is 1. The molecule has 3 rings (SSSR count). The van der Waals surface area contributed by atoms with Gasteiger partial charge in [0.25, 0.3) is 5.91 Å². The maximum atomic E-state index is 11.5. The van der Waals surface area contributed by atoms with E-state index >= 15 is 0 Å². The van der Waals surface area contributed by atoms with Gasteiger partial charge >= 0.3 is 0 Å². The van der Waals surface area contributed by atoms with E-state index < -0.39 is 5.91 Å². The molecule has 0 bridgehead atoms. The van der Waals surface area contributed by atoms with Crippen molar-refractivity contribution in [2.75, 3.05) is 25.0 Å². The molecular formula is C13H15IN4O. The van der Waals surface area contributed by atoms with Crippen molar-refractivity contribution in [3.8, 4) is 0 Å². The fraction of sp³-hybridized carbons (Fsp3) is 0.308. The Hall–Kier alpha value is -1.28. The summed E-state index contributed by atoms with van der Waals surface area (Å²) < 4.78 is 1.00. The van der Waals surface area contributed by atoms with E-state index in [-0.39, 0.29) is 0 Å². The van der Waals surface area contributed by atoms with Gasteiger partial charge in [-0.05, 0) is 40.8 Å². The number of aromatic amines is 1. The van der Waals surface area contributed by atoms with E-state index in [1.807, 2.05) is 6.07 Å². The lowest BCUT2D eigenvalue weighted by atomic mass is 10.1. The van der Waals surface area contributed by atoms with Crippen molar-refractivity contribution in [2.24, 2.45) is 5.73 Å². The van der Waals surface area contributed by atoms with Crippen molar-refractivity contribution in [2.45, 2.75) is 6.04 Å². The first-order chi connectivity index (χ1) is 9.08. The lowest BCUT2D eigenvalue weighted by Crippen LogP contribution is -2.56. The average molecular weight is 370 g/mol. The third kappa shape index (κ3) is 2.08. The van der Waals surface area contributed by atoms with Gasteiger partial charge in [0.1, 0.15) is 0 Å². The second-order valence-corrected chi connectivity index (χ2v) is 5.99. The summed E-state index contributed by atoms with van der Waals surface area (Å²) in [6.07, 6.45) is 0. The van der Waals surface area contributed by atoms with Crippen LogP contribution < -0.4 is 16.0 Å². The average Bonchev–Trinajstić information content (AvgIpc) is 2.65. The smallest absolute Gasteiger partial charge is 0.250 e. The molecule has 1 aliphatic rings. The highest BCUT2D eigenvalue weighted by Crippen LogP contribution is 2.31. The first kappa shape index (κ1) is 12.7. The summed E-state index contributed by atoms with van der Waals surface area (Å²) in [6.45, 7) is 1.99. The Kier molecular flexibility index (Phi) is 3.14. The molecule has 5 nitrogen and oxygen atoms in total. The summed E-state index contributed by atoms with van der Waals surface area (Å²) in [5, 5.41) is 4.32. The highest BCUT2D eigenvalue weighted by atomic mass is 127. The molecule has 1 amide bonds. The van der Waals surface area contributed by atoms with Crippen molar-refractivity contribution < 1.29 is 4.79 Å². The summed E-state index contributed by atoms with van der Waals surface area (Å²) in [6, 6.07) is 6.34. The van der Waals surface area contributed by atoms with Gasteiger partial charge in [-0.1, -0.05) is 0 Å². The summed E-state index contributed by atoms with van der Waals surface area (Å²) >= 11 is 2.22. The van der Waals surface area contributed by atoms with Crippen LogP contribution in [0.3, 0.4) is 0 Å². The van der Waals surface area contributed by atoms with Gasteiger partial charge in [-0.15, -0.1) is 0 Å². The van der Waals surface area contributed by atoms with E-state index in [0.29, 0.717) is 11.6 Å². The first-order valence-corrected chi connectivity index (χ1v) is 7.20. The molecule has 0 aliphatic carbocycles. The van der Waals surface area contributed by atoms with Gasteiger partial charge in [0.05, 0.1) is 20.8 Å². The number of amides is 1. The predicted octanol–water partition coefficient (Wildman–Crippen LogP) is 1.28. The number of primary amides is 1. The van der Waals surface area contributed by atoms with Crippen molar-refractivity contribution in [1.82, 2.24) is 10.3 Å². The highest BCUT2D eigenvalue weighted by molar-refractivity contribution is 14.1. The number of anilines is 1. The van der Waals surface area contributed by atoms with Crippen molar-refractivity contribution in [1.29, 1.82) is 0 Å². The van der Waals surface area contributed by atoms with Crippen LogP contribution in [0.1, 0.15) is 10.4 Å². The Morgan fingerprint density at radius 2 is 2.21 bits per heavy atom. The molecule has 4 N–H and O–H groups in total. The molecule has 0 spiro atoms.